The average Bonchev–Trinajstić information content (AvgIpc) is 3.37. The number of carbonyl (C=O) groups excluding carboxylic acids is 1. The van der Waals surface area contributed by atoms with E-state index in [2.05, 4.69) is 21.0 Å². The van der Waals surface area contributed by atoms with Gasteiger partial charge < -0.3 is 5.32 Å². The Bertz CT molecular complexity index is 1030. The molecule has 0 aromatic heterocycles. The number of halogens is 1. The summed E-state index contributed by atoms with van der Waals surface area (Å²) < 4.78 is 27.7. The van der Waals surface area contributed by atoms with Gasteiger partial charge in [0.1, 0.15) is 4.90 Å². The third-order valence-electron chi connectivity index (χ3n) is 5.53. The first-order chi connectivity index (χ1) is 14.4. The monoisotopic (exact) mass is 447 g/mol. The van der Waals surface area contributed by atoms with E-state index < -0.39 is 10.0 Å². The van der Waals surface area contributed by atoms with Gasteiger partial charge in [-0.05, 0) is 68.1 Å². The average molecular weight is 448 g/mol. The summed E-state index contributed by atoms with van der Waals surface area (Å²) in [6, 6.07) is 12.4. The lowest BCUT2D eigenvalue weighted by molar-refractivity contribution is 0.0950. The number of hydrogen-bond donors (Lipinski definition) is 2. The Morgan fingerprint density at radius 3 is 2.47 bits per heavy atom. The topological polar surface area (TPSA) is 78.5 Å². The second-order valence-corrected chi connectivity index (χ2v) is 10.1. The van der Waals surface area contributed by atoms with E-state index in [1.165, 1.54) is 30.5 Å². The van der Waals surface area contributed by atoms with E-state index in [9.17, 15) is 13.2 Å². The second kappa shape index (κ2) is 9.06. The normalized spacial score (nSPS) is 17.2. The Morgan fingerprint density at radius 1 is 1.07 bits per heavy atom. The number of carbonyl (C=O) groups is 1. The second-order valence-electron chi connectivity index (χ2n) is 7.98. The minimum absolute atomic E-state index is 0.0318. The van der Waals surface area contributed by atoms with Gasteiger partial charge in [-0.3, -0.25) is 9.69 Å². The summed E-state index contributed by atoms with van der Waals surface area (Å²) in [6.07, 6.45) is 4.12. The summed E-state index contributed by atoms with van der Waals surface area (Å²) in [6.45, 7) is 3.48. The molecule has 1 saturated carbocycles. The third-order valence-corrected chi connectivity index (χ3v) is 7.53. The highest BCUT2D eigenvalue weighted by atomic mass is 35.5. The Morgan fingerprint density at radius 2 is 1.77 bits per heavy atom. The molecule has 8 heteroatoms. The van der Waals surface area contributed by atoms with Gasteiger partial charge in [-0.25, -0.2) is 13.1 Å². The molecule has 1 amide bonds. The lowest BCUT2D eigenvalue weighted by atomic mass is 10.1. The minimum atomic E-state index is -3.74. The Hall–Kier alpha value is -1.93. The molecule has 2 N–H and O–H groups in total. The lowest BCUT2D eigenvalue weighted by Crippen LogP contribution is -2.27. The van der Waals surface area contributed by atoms with E-state index in [0.717, 1.165) is 38.0 Å². The molecule has 2 aliphatic rings. The molecular formula is C22H26ClN3O3S. The van der Waals surface area contributed by atoms with Crippen molar-refractivity contribution in [2.75, 3.05) is 13.1 Å². The summed E-state index contributed by atoms with van der Waals surface area (Å²) in [7, 11) is -3.74. The zero-order valence-electron chi connectivity index (χ0n) is 16.7. The van der Waals surface area contributed by atoms with E-state index in [-0.39, 0.29) is 27.4 Å². The minimum Gasteiger partial charge on any atom is -0.348 e. The highest BCUT2D eigenvalue weighted by Gasteiger charge is 2.29. The number of sulfonamides is 1. The van der Waals surface area contributed by atoms with Crippen molar-refractivity contribution < 1.29 is 13.2 Å². The molecule has 0 spiro atoms. The van der Waals surface area contributed by atoms with Crippen LogP contribution >= 0.6 is 11.6 Å². The first-order valence-electron chi connectivity index (χ1n) is 10.3. The van der Waals surface area contributed by atoms with Crippen molar-refractivity contribution in [1.29, 1.82) is 0 Å². The van der Waals surface area contributed by atoms with Crippen molar-refractivity contribution >= 4 is 27.5 Å². The van der Waals surface area contributed by atoms with Crippen molar-refractivity contribution in [3.63, 3.8) is 0 Å². The molecular weight excluding hydrogens is 422 g/mol. The molecule has 0 radical (unpaired) electrons. The van der Waals surface area contributed by atoms with Crippen molar-refractivity contribution in [3.05, 3.63) is 64.2 Å². The Labute approximate surface area is 182 Å². The summed E-state index contributed by atoms with van der Waals surface area (Å²) >= 11 is 6.11. The fourth-order valence-electron chi connectivity index (χ4n) is 3.68. The molecule has 0 unspecified atom stereocenters. The van der Waals surface area contributed by atoms with E-state index >= 15 is 0 Å². The van der Waals surface area contributed by atoms with Gasteiger partial charge >= 0.3 is 0 Å². The Kier molecular flexibility index (Phi) is 6.43. The van der Waals surface area contributed by atoms with Crippen LogP contribution in [0.2, 0.25) is 5.02 Å². The van der Waals surface area contributed by atoms with Crippen LogP contribution in [-0.2, 0) is 23.1 Å². The van der Waals surface area contributed by atoms with E-state index in [1.54, 1.807) is 6.07 Å². The standard InChI is InChI=1S/C22H26ClN3O3S/c23-20-10-7-16(13-21(20)30(28,29)25-19-8-9-19)22(27)24-14-17-5-1-2-6-18(17)15-26-11-3-4-12-26/h1-2,5-7,10,13,19,25H,3-4,8-9,11-12,14-15H2,(H,24,27). The molecule has 2 aromatic rings. The van der Waals surface area contributed by atoms with Crippen LogP contribution in [0.5, 0.6) is 0 Å². The number of hydrogen-bond acceptors (Lipinski definition) is 4. The van der Waals surface area contributed by atoms with Crippen LogP contribution in [0.1, 0.15) is 47.2 Å². The SMILES string of the molecule is O=C(NCc1ccccc1CN1CCCC1)c1ccc(Cl)c(S(=O)(=O)NC2CC2)c1. The molecule has 1 heterocycles. The number of benzene rings is 2. The molecule has 1 aliphatic carbocycles. The van der Waals surface area contributed by atoms with Crippen LogP contribution in [-0.4, -0.2) is 38.4 Å². The highest BCUT2D eigenvalue weighted by molar-refractivity contribution is 7.89. The van der Waals surface area contributed by atoms with E-state index in [0.29, 0.717) is 6.54 Å². The molecule has 0 bridgehead atoms. The maximum atomic E-state index is 12.7. The van der Waals surface area contributed by atoms with Crippen molar-refractivity contribution in [1.82, 2.24) is 14.9 Å². The molecule has 2 aromatic carbocycles. The van der Waals surface area contributed by atoms with Gasteiger partial charge in [0.15, 0.2) is 0 Å². The van der Waals surface area contributed by atoms with Crippen molar-refractivity contribution in [2.24, 2.45) is 0 Å². The number of nitrogens with zero attached hydrogens (tertiary/aromatic N) is 1. The Balaban J connectivity index is 1.45. The summed E-state index contributed by atoms with van der Waals surface area (Å²) in [5.74, 6) is -0.328. The quantitative estimate of drug-likeness (QED) is 0.650. The fourth-order valence-corrected chi connectivity index (χ4v) is 5.51. The van der Waals surface area contributed by atoms with Crippen LogP contribution in [0.15, 0.2) is 47.4 Å². The van der Waals surface area contributed by atoms with Crippen molar-refractivity contribution in [3.8, 4) is 0 Å². The molecule has 1 aliphatic heterocycles. The number of rotatable bonds is 8. The van der Waals surface area contributed by atoms with Gasteiger partial charge in [0.05, 0.1) is 5.02 Å². The van der Waals surface area contributed by atoms with Gasteiger partial charge in [0.25, 0.3) is 5.91 Å². The number of likely N-dealkylation sites (tertiary alicyclic amines) is 1. The first-order valence-corrected chi connectivity index (χ1v) is 12.2. The van der Waals surface area contributed by atoms with Crippen molar-refractivity contribution in [2.45, 2.75) is 49.7 Å². The summed E-state index contributed by atoms with van der Waals surface area (Å²) in [5, 5.41) is 3.02. The number of nitrogens with one attached hydrogen (secondary N) is 2. The lowest BCUT2D eigenvalue weighted by Gasteiger charge is -2.18. The highest BCUT2D eigenvalue weighted by Crippen LogP contribution is 2.27. The van der Waals surface area contributed by atoms with Gasteiger partial charge in [-0.2, -0.15) is 0 Å². The zero-order chi connectivity index (χ0) is 21.1. The van der Waals surface area contributed by atoms with Gasteiger partial charge in [0.2, 0.25) is 10.0 Å². The van der Waals surface area contributed by atoms with E-state index in [4.69, 9.17) is 11.6 Å². The zero-order valence-corrected chi connectivity index (χ0v) is 18.3. The fraction of sp³-hybridized carbons (Fsp3) is 0.409. The number of amides is 1. The van der Waals surface area contributed by atoms with E-state index in [1.807, 2.05) is 18.2 Å². The molecule has 160 valence electrons. The maximum Gasteiger partial charge on any atom is 0.251 e. The first kappa shape index (κ1) is 21.3. The molecule has 6 nitrogen and oxygen atoms in total. The molecule has 30 heavy (non-hydrogen) atoms. The van der Waals surface area contributed by atoms with Crippen LogP contribution < -0.4 is 10.0 Å². The summed E-state index contributed by atoms with van der Waals surface area (Å²) in [4.78, 5) is 15.1. The largest absolute Gasteiger partial charge is 0.348 e. The van der Waals surface area contributed by atoms with Crippen LogP contribution in [0, 0.1) is 0 Å². The smallest absolute Gasteiger partial charge is 0.251 e. The van der Waals surface area contributed by atoms with Crippen LogP contribution in [0.4, 0.5) is 0 Å². The predicted molar refractivity (Wildman–Crippen MR) is 117 cm³/mol. The molecule has 0 atom stereocenters. The van der Waals surface area contributed by atoms with Gasteiger partial charge in [-0.15, -0.1) is 0 Å². The molecule has 4 rings (SSSR count). The van der Waals surface area contributed by atoms with Gasteiger partial charge in [-0.1, -0.05) is 35.9 Å². The molecule has 2 fully saturated rings. The predicted octanol–water partition coefficient (Wildman–Crippen LogP) is 3.31. The van der Waals surface area contributed by atoms with Crippen LogP contribution in [0.25, 0.3) is 0 Å². The molecule has 1 saturated heterocycles. The third kappa shape index (κ3) is 5.21. The summed E-state index contributed by atoms with van der Waals surface area (Å²) in [5.41, 5.74) is 2.54. The van der Waals surface area contributed by atoms with Crippen LogP contribution in [0.3, 0.4) is 0 Å². The van der Waals surface area contributed by atoms with Gasteiger partial charge in [0, 0.05) is 24.7 Å². The maximum absolute atomic E-state index is 12.7.